The molecule has 0 aromatic heterocycles. The summed E-state index contributed by atoms with van der Waals surface area (Å²) in [6.07, 6.45) is 1.74. The predicted octanol–water partition coefficient (Wildman–Crippen LogP) is 2.78. The molecule has 3 heteroatoms. The minimum absolute atomic E-state index is 0.288. The van der Waals surface area contributed by atoms with Gasteiger partial charge in [0.1, 0.15) is 5.54 Å². The molecule has 0 saturated heterocycles. The molecule has 0 saturated carbocycles. The lowest BCUT2D eigenvalue weighted by molar-refractivity contribution is -0.148. The lowest BCUT2D eigenvalue weighted by Crippen LogP contribution is -2.48. The standard InChI is InChI=1S/C16H23NO2/c1-7-8-17-16(5,15(18)19-6)14-12(3)9-11(2)10-13(14)4/h7,9-10,17H,1,8H2,2-6H3. The molecule has 1 atom stereocenters. The first-order valence-electron chi connectivity index (χ1n) is 6.39. The van der Waals surface area contributed by atoms with Crippen LogP contribution in [0.1, 0.15) is 29.2 Å². The summed E-state index contributed by atoms with van der Waals surface area (Å²) in [4.78, 5) is 12.2. The zero-order valence-electron chi connectivity index (χ0n) is 12.5. The molecule has 1 aromatic rings. The van der Waals surface area contributed by atoms with Crippen molar-refractivity contribution >= 4 is 5.97 Å². The largest absolute Gasteiger partial charge is 0.467 e. The highest BCUT2D eigenvalue weighted by molar-refractivity contribution is 5.83. The number of carbonyl (C=O) groups is 1. The van der Waals surface area contributed by atoms with Gasteiger partial charge in [0.2, 0.25) is 0 Å². The summed E-state index contributed by atoms with van der Waals surface area (Å²) >= 11 is 0. The molecular formula is C16H23NO2. The molecular weight excluding hydrogens is 238 g/mol. The van der Waals surface area contributed by atoms with Gasteiger partial charge in [0.25, 0.3) is 0 Å². The average molecular weight is 261 g/mol. The summed E-state index contributed by atoms with van der Waals surface area (Å²) in [5, 5.41) is 3.22. The fraction of sp³-hybridized carbons (Fsp3) is 0.438. The zero-order chi connectivity index (χ0) is 14.6. The van der Waals surface area contributed by atoms with Gasteiger partial charge in [-0.25, -0.2) is 4.79 Å². The van der Waals surface area contributed by atoms with Gasteiger partial charge in [0.05, 0.1) is 7.11 Å². The maximum Gasteiger partial charge on any atom is 0.330 e. The fourth-order valence-electron chi connectivity index (χ4n) is 2.71. The summed E-state index contributed by atoms with van der Waals surface area (Å²) in [7, 11) is 1.41. The normalized spacial score (nSPS) is 13.7. The van der Waals surface area contributed by atoms with Gasteiger partial charge >= 0.3 is 5.97 Å². The van der Waals surface area contributed by atoms with Gasteiger partial charge < -0.3 is 4.74 Å². The molecule has 1 unspecified atom stereocenters. The number of nitrogens with one attached hydrogen (secondary N) is 1. The number of rotatable bonds is 5. The van der Waals surface area contributed by atoms with E-state index in [0.717, 1.165) is 16.7 Å². The molecule has 1 aromatic carbocycles. The van der Waals surface area contributed by atoms with E-state index in [1.54, 1.807) is 6.08 Å². The van der Waals surface area contributed by atoms with Gasteiger partial charge in [0, 0.05) is 6.54 Å². The zero-order valence-corrected chi connectivity index (χ0v) is 12.5. The maximum absolute atomic E-state index is 12.2. The Morgan fingerprint density at radius 3 is 2.32 bits per heavy atom. The highest BCUT2D eigenvalue weighted by Crippen LogP contribution is 2.29. The predicted molar refractivity (Wildman–Crippen MR) is 78.2 cm³/mol. The molecule has 0 radical (unpaired) electrons. The third-order valence-electron chi connectivity index (χ3n) is 3.37. The van der Waals surface area contributed by atoms with Crippen LogP contribution in [-0.4, -0.2) is 19.6 Å². The van der Waals surface area contributed by atoms with Crippen molar-refractivity contribution in [1.82, 2.24) is 5.32 Å². The maximum atomic E-state index is 12.2. The van der Waals surface area contributed by atoms with Gasteiger partial charge in [-0.05, 0) is 44.4 Å². The Morgan fingerprint density at radius 1 is 1.37 bits per heavy atom. The molecule has 0 amide bonds. The molecule has 0 heterocycles. The number of benzene rings is 1. The SMILES string of the molecule is C=CCNC(C)(C(=O)OC)c1c(C)cc(C)cc1C. The van der Waals surface area contributed by atoms with Crippen molar-refractivity contribution in [3.05, 3.63) is 47.0 Å². The Bertz CT molecular complexity index is 471. The summed E-state index contributed by atoms with van der Waals surface area (Å²) in [6, 6.07) is 4.16. The second kappa shape index (κ2) is 6.02. The minimum atomic E-state index is -0.856. The van der Waals surface area contributed by atoms with Crippen molar-refractivity contribution in [2.75, 3.05) is 13.7 Å². The number of carbonyl (C=O) groups excluding carboxylic acids is 1. The van der Waals surface area contributed by atoms with Crippen LogP contribution in [0.2, 0.25) is 0 Å². The van der Waals surface area contributed by atoms with E-state index in [1.165, 1.54) is 12.7 Å². The molecule has 0 aliphatic heterocycles. The number of esters is 1. The van der Waals surface area contributed by atoms with Gasteiger partial charge in [-0.3, -0.25) is 5.32 Å². The summed E-state index contributed by atoms with van der Waals surface area (Å²) in [5.74, 6) is -0.288. The number of hydrogen-bond donors (Lipinski definition) is 1. The van der Waals surface area contributed by atoms with Crippen LogP contribution in [0.25, 0.3) is 0 Å². The molecule has 0 bridgehead atoms. The molecule has 0 aliphatic carbocycles. The van der Waals surface area contributed by atoms with E-state index in [9.17, 15) is 4.79 Å². The molecule has 104 valence electrons. The summed E-state index contributed by atoms with van der Waals surface area (Å²) in [5.41, 5.74) is 3.48. The van der Waals surface area contributed by atoms with Gasteiger partial charge in [-0.15, -0.1) is 6.58 Å². The smallest absolute Gasteiger partial charge is 0.330 e. The second-order valence-corrected chi connectivity index (χ2v) is 5.06. The van der Waals surface area contributed by atoms with Crippen LogP contribution < -0.4 is 5.32 Å². The monoisotopic (exact) mass is 261 g/mol. The molecule has 3 nitrogen and oxygen atoms in total. The van der Waals surface area contributed by atoms with Crippen LogP contribution in [0.3, 0.4) is 0 Å². The first-order valence-corrected chi connectivity index (χ1v) is 6.39. The van der Waals surface area contributed by atoms with Crippen molar-refractivity contribution in [3.63, 3.8) is 0 Å². The number of aryl methyl sites for hydroxylation is 3. The van der Waals surface area contributed by atoms with Crippen LogP contribution in [0.4, 0.5) is 0 Å². The molecule has 0 aliphatic rings. The molecule has 0 spiro atoms. The fourth-order valence-corrected chi connectivity index (χ4v) is 2.71. The minimum Gasteiger partial charge on any atom is -0.467 e. The van der Waals surface area contributed by atoms with Crippen LogP contribution in [0, 0.1) is 20.8 Å². The molecule has 19 heavy (non-hydrogen) atoms. The van der Waals surface area contributed by atoms with Gasteiger partial charge in [0.15, 0.2) is 0 Å². The van der Waals surface area contributed by atoms with Crippen molar-refractivity contribution in [2.45, 2.75) is 33.2 Å². The van der Waals surface area contributed by atoms with Crippen molar-refractivity contribution in [1.29, 1.82) is 0 Å². The Labute approximate surface area is 115 Å². The van der Waals surface area contributed by atoms with E-state index in [-0.39, 0.29) is 5.97 Å². The van der Waals surface area contributed by atoms with Gasteiger partial charge in [-0.2, -0.15) is 0 Å². The topological polar surface area (TPSA) is 38.3 Å². The Morgan fingerprint density at radius 2 is 1.89 bits per heavy atom. The van der Waals surface area contributed by atoms with E-state index >= 15 is 0 Å². The first kappa shape index (κ1) is 15.4. The van der Waals surface area contributed by atoms with E-state index in [2.05, 4.69) is 31.0 Å². The van der Waals surface area contributed by atoms with Crippen molar-refractivity contribution in [3.8, 4) is 0 Å². The number of methoxy groups -OCH3 is 1. The van der Waals surface area contributed by atoms with Crippen LogP contribution >= 0.6 is 0 Å². The van der Waals surface area contributed by atoms with Crippen LogP contribution in [-0.2, 0) is 15.1 Å². The first-order chi connectivity index (χ1) is 8.86. The van der Waals surface area contributed by atoms with Crippen molar-refractivity contribution in [2.24, 2.45) is 0 Å². The van der Waals surface area contributed by atoms with Crippen molar-refractivity contribution < 1.29 is 9.53 Å². The van der Waals surface area contributed by atoms with Gasteiger partial charge in [-0.1, -0.05) is 23.8 Å². The number of hydrogen-bond acceptors (Lipinski definition) is 3. The lowest BCUT2D eigenvalue weighted by atomic mass is 9.84. The highest BCUT2D eigenvalue weighted by Gasteiger charge is 2.38. The van der Waals surface area contributed by atoms with Crippen LogP contribution in [0.5, 0.6) is 0 Å². The Balaban J connectivity index is 3.40. The average Bonchev–Trinajstić information content (AvgIpc) is 2.33. The van der Waals surface area contributed by atoms with E-state index in [0.29, 0.717) is 6.54 Å². The third kappa shape index (κ3) is 3.04. The third-order valence-corrected chi connectivity index (χ3v) is 3.37. The Hall–Kier alpha value is -1.61. The summed E-state index contributed by atoms with van der Waals surface area (Å²) in [6.45, 7) is 12.2. The van der Waals surface area contributed by atoms with E-state index in [4.69, 9.17) is 4.74 Å². The second-order valence-electron chi connectivity index (χ2n) is 5.06. The quantitative estimate of drug-likeness (QED) is 0.654. The number of ether oxygens (including phenoxy) is 1. The molecule has 1 N–H and O–H groups in total. The van der Waals surface area contributed by atoms with E-state index in [1.807, 2.05) is 20.8 Å². The van der Waals surface area contributed by atoms with Crippen LogP contribution in [0.15, 0.2) is 24.8 Å². The summed E-state index contributed by atoms with van der Waals surface area (Å²) < 4.78 is 4.97. The Kier molecular flexibility index (Phi) is 4.90. The molecule has 0 fully saturated rings. The highest BCUT2D eigenvalue weighted by atomic mass is 16.5. The lowest BCUT2D eigenvalue weighted by Gasteiger charge is -2.31. The molecule has 1 rings (SSSR count). The van der Waals surface area contributed by atoms with E-state index < -0.39 is 5.54 Å².